The monoisotopic (exact) mass is 430 g/mol. The smallest absolute Gasteiger partial charge is 0.293 e. The van der Waals surface area contributed by atoms with Crippen LogP contribution in [0.15, 0.2) is 41.0 Å². The summed E-state index contributed by atoms with van der Waals surface area (Å²) in [6, 6.07) is 8.73. The first-order chi connectivity index (χ1) is 14.0. The predicted molar refractivity (Wildman–Crippen MR) is 113 cm³/mol. The van der Waals surface area contributed by atoms with Crippen LogP contribution in [0.5, 0.6) is 0 Å². The molecule has 0 radical (unpaired) electrons. The second-order valence-corrected chi connectivity index (χ2v) is 8.28. The maximum absolute atomic E-state index is 12.4. The van der Waals surface area contributed by atoms with Crippen LogP contribution < -0.4 is 10.6 Å². The molecule has 0 saturated carbocycles. The van der Waals surface area contributed by atoms with E-state index in [-0.39, 0.29) is 24.1 Å². The van der Waals surface area contributed by atoms with Crippen LogP contribution in [0.3, 0.4) is 0 Å². The van der Waals surface area contributed by atoms with Crippen molar-refractivity contribution in [3.63, 3.8) is 0 Å². The van der Waals surface area contributed by atoms with Crippen LogP contribution in [0.1, 0.15) is 26.7 Å². The van der Waals surface area contributed by atoms with Gasteiger partial charge in [0.2, 0.25) is 5.91 Å². The molecule has 0 bridgehead atoms. The highest BCUT2D eigenvalue weighted by molar-refractivity contribution is 7.15. The van der Waals surface area contributed by atoms with Gasteiger partial charge >= 0.3 is 0 Å². The molecule has 2 amide bonds. The lowest BCUT2D eigenvalue weighted by molar-refractivity contribution is -0.117. The second kappa shape index (κ2) is 8.36. The molecule has 0 spiro atoms. The Morgan fingerprint density at radius 2 is 2.17 bits per heavy atom. The number of furan rings is 1. The Labute approximate surface area is 176 Å². The maximum Gasteiger partial charge on any atom is 0.293 e. The topological polar surface area (TPSA) is 87.5 Å². The van der Waals surface area contributed by atoms with Crippen LogP contribution in [0, 0.1) is 6.92 Å². The van der Waals surface area contributed by atoms with E-state index in [1.807, 2.05) is 19.1 Å². The first kappa shape index (κ1) is 19.6. The second-order valence-electron chi connectivity index (χ2n) is 6.79. The van der Waals surface area contributed by atoms with E-state index in [1.165, 1.54) is 17.6 Å². The highest BCUT2D eigenvalue weighted by Gasteiger charge is 2.23. The zero-order valence-electron chi connectivity index (χ0n) is 15.7. The Morgan fingerprint density at radius 1 is 1.31 bits per heavy atom. The lowest BCUT2D eigenvalue weighted by Crippen LogP contribution is -2.36. The van der Waals surface area contributed by atoms with Crippen molar-refractivity contribution in [2.45, 2.75) is 19.9 Å². The van der Waals surface area contributed by atoms with Gasteiger partial charge in [0.15, 0.2) is 10.9 Å². The van der Waals surface area contributed by atoms with Gasteiger partial charge in [-0.2, -0.15) is 0 Å². The van der Waals surface area contributed by atoms with Gasteiger partial charge < -0.3 is 9.73 Å². The number of benzene rings is 1. The number of anilines is 2. The van der Waals surface area contributed by atoms with Crippen LogP contribution >= 0.6 is 22.9 Å². The summed E-state index contributed by atoms with van der Waals surface area (Å²) in [5.74, 6) is -0.175. The highest BCUT2D eigenvalue weighted by Crippen LogP contribution is 2.28. The minimum absolute atomic E-state index is 0.0933. The Kier molecular flexibility index (Phi) is 5.66. The Bertz CT molecular complexity index is 1050. The third-order valence-electron chi connectivity index (χ3n) is 4.60. The number of fused-ring (bicyclic) bond motifs is 1. The van der Waals surface area contributed by atoms with Crippen molar-refractivity contribution in [3.8, 4) is 0 Å². The Hall–Kier alpha value is -2.68. The quantitative estimate of drug-likeness (QED) is 0.640. The number of halogens is 1. The van der Waals surface area contributed by atoms with Gasteiger partial charge in [-0.3, -0.25) is 19.8 Å². The normalized spacial score (nSPS) is 13.7. The third kappa shape index (κ3) is 4.67. The molecule has 0 unspecified atom stereocenters. The number of carbonyl (C=O) groups is 2. The first-order valence-electron chi connectivity index (χ1n) is 9.10. The molecule has 29 heavy (non-hydrogen) atoms. The van der Waals surface area contributed by atoms with Crippen molar-refractivity contribution in [1.29, 1.82) is 0 Å². The van der Waals surface area contributed by atoms with E-state index in [4.69, 9.17) is 16.0 Å². The van der Waals surface area contributed by atoms with Gasteiger partial charge in [-0.15, -0.1) is 11.3 Å². The minimum atomic E-state index is -0.325. The summed E-state index contributed by atoms with van der Waals surface area (Å²) in [4.78, 5) is 32.1. The highest BCUT2D eigenvalue weighted by atomic mass is 35.5. The zero-order valence-corrected chi connectivity index (χ0v) is 17.3. The molecule has 9 heteroatoms. The fraction of sp³-hybridized carbons (Fsp3) is 0.250. The van der Waals surface area contributed by atoms with Gasteiger partial charge in [-0.1, -0.05) is 17.7 Å². The van der Waals surface area contributed by atoms with Crippen LogP contribution in [0.25, 0.3) is 0 Å². The number of rotatable bonds is 5. The summed E-state index contributed by atoms with van der Waals surface area (Å²) in [6.07, 6.45) is 2.18. The average Bonchev–Trinajstić information content (AvgIpc) is 3.34. The van der Waals surface area contributed by atoms with E-state index in [1.54, 1.807) is 18.2 Å². The summed E-state index contributed by atoms with van der Waals surface area (Å²) >= 11 is 7.54. The first-order valence-corrected chi connectivity index (χ1v) is 10.3. The largest absolute Gasteiger partial charge is 0.459 e. The van der Waals surface area contributed by atoms with E-state index in [2.05, 4.69) is 20.5 Å². The summed E-state index contributed by atoms with van der Waals surface area (Å²) < 4.78 is 5.10. The molecular weight excluding hydrogens is 412 g/mol. The fourth-order valence-electron chi connectivity index (χ4n) is 3.08. The summed E-state index contributed by atoms with van der Waals surface area (Å²) in [6.45, 7) is 3.53. The number of thiazole rings is 1. The lowest BCUT2D eigenvalue weighted by Gasteiger charge is -2.25. The molecule has 7 nitrogen and oxygen atoms in total. The van der Waals surface area contributed by atoms with Crippen molar-refractivity contribution in [2.75, 3.05) is 23.7 Å². The number of aromatic nitrogens is 1. The molecule has 2 N–H and O–H groups in total. The van der Waals surface area contributed by atoms with Crippen LogP contribution in [-0.4, -0.2) is 34.8 Å². The van der Waals surface area contributed by atoms with E-state index < -0.39 is 0 Å². The molecule has 1 aliphatic rings. The molecule has 0 atom stereocenters. The number of amides is 2. The van der Waals surface area contributed by atoms with Gasteiger partial charge in [0.1, 0.15) is 0 Å². The van der Waals surface area contributed by atoms with E-state index in [0.29, 0.717) is 22.4 Å². The minimum Gasteiger partial charge on any atom is -0.459 e. The van der Waals surface area contributed by atoms with Gasteiger partial charge in [-0.05, 0) is 36.8 Å². The lowest BCUT2D eigenvalue weighted by atomic mass is 10.2. The Balaban J connectivity index is 1.34. The molecule has 1 aliphatic heterocycles. The molecule has 2 aromatic heterocycles. The fourth-order valence-corrected chi connectivity index (χ4v) is 4.30. The number of carbonyl (C=O) groups excluding carboxylic acids is 2. The summed E-state index contributed by atoms with van der Waals surface area (Å²) in [7, 11) is 0. The maximum atomic E-state index is 12.4. The number of hydrogen-bond acceptors (Lipinski definition) is 6. The van der Waals surface area contributed by atoms with Gasteiger partial charge in [0, 0.05) is 35.1 Å². The number of nitrogens with zero attached hydrogens (tertiary/aromatic N) is 2. The summed E-state index contributed by atoms with van der Waals surface area (Å²) in [5.41, 5.74) is 2.61. The van der Waals surface area contributed by atoms with Gasteiger partial charge in [0.05, 0.1) is 18.5 Å². The van der Waals surface area contributed by atoms with Crippen molar-refractivity contribution >= 4 is 45.6 Å². The van der Waals surface area contributed by atoms with Gasteiger partial charge in [-0.25, -0.2) is 4.98 Å². The van der Waals surface area contributed by atoms with Crippen LogP contribution in [0.4, 0.5) is 10.8 Å². The van der Waals surface area contributed by atoms with Crippen molar-refractivity contribution < 1.29 is 14.0 Å². The number of nitrogens with one attached hydrogen (secondary N) is 2. The molecule has 0 saturated heterocycles. The van der Waals surface area contributed by atoms with Gasteiger partial charge in [0.25, 0.3) is 5.91 Å². The number of hydrogen-bond donors (Lipinski definition) is 2. The van der Waals surface area contributed by atoms with Crippen molar-refractivity contribution in [2.24, 2.45) is 0 Å². The Morgan fingerprint density at radius 3 is 2.93 bits per heavy atom. The number of aryl methyl sites for hydroxylation is 1. The molecule has 1 aromatic carbocycles. The van der Waals surface area contributed by atoms with Crippen LogP contribution in [0.2, 0.25) is 5.02 Å². The molecule has 0 fully saturated rings. The predicted octanol–water partition coefficient (Wildman–Crippen LogP) is 3.95. The van der Waals surface area contributed by atoms with Crippen molar-refractivity contribution in [3.05, 3.63) is 63.5 Å². The molecule has 3 aromatic rings. The van der Waals surface area contributed by atoms with E-state index in [9.17, 15) is 9.59 Å². The standard InChI is InChI=1S/C20H19ClN4O3S/c1-12-4-5-13(9-14(12)21)22-18(26)11-25-7-6-15-17(10-25)29-20(23-15)24-19(27)16-3-2-8-28-16/h2-5,8-9H,6-7,10-11H2,1H3,(H,22,26)(H,23,24,27). The zero-order chi connectivity index (χ0) is 20.4. The molecule has 0 aliphatic carbocycles. The van der Waals surface area contributed by atoms with Crippen LogP contribution in [-0.2, 0) is 17.8 Å². The van der Waals surface area contributed by atoms with Crippen molar-refractivity contribution in [1.82, 2.24) is 9.88 Å². The average molecular weight is 431 g/mol. The summed E-state index contributed by atoms with van der Waals surface area (Å²) in [5, 5.41) is 6.81. The van der Waals surface area contributed by atoms with E-state index >= 15 is 0 Å². The molecule has 4 rings (SSSR count). The SMILES string of the molecule is Cc1ccc(NC(=O)CN2CCc3nc(NC(=O)c4ccco4)sc3C2)cc1Cl. The molecule has 150 valence electrons. The third-order valence-corrected chi connectivity index (χ3v) is 6.00. The molecule has 3 heterocycles. The van der Waals surface area contributed by atoms with E-state index in [0.717, 1.165) is 29.1 Å². The molecular formula is C20H19ClN4O3S.